The van der Waals surface area contributed by atoms with E-state index in [0.717, 1.165) is 11.1 Å². The summed E-state index contributed by atoms with van der Waals surface area (Å²) in [5.41, 5.74) is 2.65. The highest BCUT2D eigenvalue weighted by molar-refractivity contribution is 7.93. The van der Waals surface area contributed by atoms with Gasteiger partial charge in [-0.25, -0.2) is 8.42 Å². The second kappa shape index (κ2) is 6.34. The Morgan fingerprint density at radius 3 is 2.04 bits per heavy atom. The monoisotopic (exact) mass is 371 g/mol. The Bertz CT molecular complexity index is 820. The predicted molar refractivity (Wildman–Crippen MR) is 97.1 cm³/mol. The maximum atomic E-state index is 12.6. The van der Waals surface area contributed by atoms with E-state index in [1.807, 2.05) is 19.1 Å². The molecule has 23 heavy (non-hydrogen) atoms. The van der Waals surface area contributed by atoms with E-state index in [1.54, 1.807) is 12.1 Å². The fourth-order valence-electron chi connectivity index (χ4n) is 2.51. The van der Waals surface area contributed by atoms with Crippen LogP contribution in [0.1, 0.15) is 31.9 Å². The van der Waals surface area contributed by atoms with E-state index in [-0.39, 0.29) is 20.4 Å². The summed E-state index contributed by atoms with van der Waals surface area (Å²) in [6.45, 7) is 8.30. The first-order valence-electron chi connectivity index (χ1n) is 7.10. The van der Waals surface area contributed by atoms with Crippen LogP contribution in [-0.4, -0.2) is 8.42 Å². The fourth-order valence-corrected chi connectivity index (χ4v) is 4.71. The van der Waals surface area contributed by atoms with Gasteiger partial charge in [-0.2, -0.15) is 0 Å². The van der Waals surface area contributed by atoms with Gasteiger partial charge in [0.25, 0.3) is 10.0 Å². The molecule has 0 radical (unpaired) electrons. The van der Waals surface area contributed by atoms with Crippen LogP contribution in [0.2, 0.25) is 10.0 Å². The number of nitrogens with one attached hydrogen (secondary N) is 1. The SMILES string of the molecule is Cc1cc(NS(=O)(=O)c2c(Cl)cccc2Cl)ccc1C(C)(C)C. The summed E-state index contributed by atoms with van der Waals surface area (Å²) >= 11 is 12.0. The number of sulfonamides is 1. The number of hydrogen-bond donors (Lipinski definition) is 1. The minimum Gasteiger partial charge on any atom is -0.280 e. The van der Waals surface area contributed by atoms with Gasteiger partial charge < -0.3 is 0 Å². The smallest absolute Gasteiger partial charge is 0.264 e. The summed E-state index contributed by atoms with van der Waals surface area (Å²) in [6, 6.07) is 10.1. The van der Waals surface area contributed by atoms with Crippen molar-refractivity contribution in [3.8, 4) is 0 Å². The molecule has 1 N–H and O–H groups in total. The first kappa shape index (κ1) is 18.1. The summed E-state index contributed by atoms with van der Waals surface area (Å²) in [5.74, 6) is 0. The highest BCUT2D eigenvalue weighted by Crippen LogP contribution is 2.32. The second-order valence-corrected chi connectivity index (χ2v) is 8.87. The third-order valence-electron chi connectivity index (χ3n) is 3.47. The molecule has 0 bridgehead atoms. The van der Waals surface area contributed by atoms with Crippen molar-refractivity contribution in [2.24, 2.45) is 0 Å². The van der Waals surface area contributed by atoms with Crippen molar-refractivity contribution in [3.05, 3.63) is 57.6 Å². The van der Waals surface area contributed by atoms with Gasteiger partial charge in [0.2, 0.25) is 0 Å². The van der Waals surface area contributed by atoms with Crippen LogP contribution in [0.4, 0.5) is 5.69 Å². The van der Waals surface area contributed by atoms with Crippen molar-refractivity contribution in [3.63, 3.8) is 0 Å². The Balaban J connectivity index is 2.41. The Morgan fingerprint density at radius 1 is 1.00 bits per heavy atom. The average Bonchev–Trinajstić information content (AvgIpc) is 2.35. The molecule has 0 amide bonds. The van der Waals surface area contributed by atoms with Crippen LogP contribution < -0.4 is 4.72 Å². The number of rotatable bonds is 3. The summed E-state index contributed by atoms with van der Waals surface area (Å²) < 4.78 is 27.7. The summed E-state index contributed by atoms with van der Waals surface area (Å²) in [5, 5.41) is 0.182. The lowest BCUT2D eigenvalue weighted by Crippen LogP contribution is -2.16. The van der Waals surface area contributed by atoms with Crippen LogP contribution in [-0.2, 0) is 15.4 Å². The highest BCUT2D eigenvalue weighted by atomic mass is 35.5. The molecule has 0 unspecified atom stereocenters. The van der Waals surface area contributed by atoms with Gasteiger partial charge in [-0.05, 0) is 47.7 Å². The van der Waals surface area contributed by atoms with Crippen LogP contribution in [0.25, 0.3) is 0 Å². The summed E-state index contributed by atoms with van der Waals surface area (Å²) in [4.78, 5) is -0.110. The van der Waals surface area contributed by atoms with E-state index in [4.69, 9.17) is 23.2 Å². The minimum atomic E-state index is -3.85. The van der Waals surface area contributed by atoms with Gasteiger partial charge in [0, 0.05) is 5.69 Å². The van der Waals surface area contributed by atoms with E-state index < -0.39 is 10.0 Å². The lowest BCUT2D eigenvalue weighted by Gasteiger charge is -2.22. The van der Waals surface area contributed by atoms with Crippen LogP contribution >= 0.6 is 23.2 Å². The van der Waals surface area contributed by atoms with Crippen LogP contribution in [0.5, 0.6) is 0 Å². The zero-order valence-corrected chi connectivity index (χ0v) is 15.8. The zero-order chi connectivity index (χ0) is 17.4. The van der Waals surface area contributed by atoms with E-state index in [0.29, 0.717) is 5.69 Å². The Morgan fingerprint density at radius 2 is 1.57 bits per heavy atom. The van der Waals surface area contributed by atoms with E-state index in [9.17, 15) is 8.42 Å². The second-order valence-electron chi connectivity index (χ2n) is 6.44. The molecule has 0 aliphatic heterocycles. The quantitative estimate of drug-likeness (QED) is 0.784. The molecule has 2 rings (SSSR count). The molecule has 0 aliphatic carbocycles. The molecule has 0 atom stereocenters. The van der Waals surface area contributed by atoms with Crippen molar-refractivity contribution < 1.29 is 8.42 Å². The predicted octanol–water partition coefficient (Wildman–Crippen LogP) is 5.40. The first-order chi connectivity index (χ1) is 10.5. The largest absolute Gasteiger partial charge is 0.280 e. The highest BCUT2D eigenvalue weighted by Gasteiger charge is 2.22. The minimum absolute atomic E-state index is 0.00641. The standard InChI is InChI=1S/C17H19Cl2NO2S/c1-11-10-12(8-9-13(11)17(2,3)4)20-23(21,22)16-14(18)6-5-7-15(16)19/h5-10,20H,1-4H3. The maximum Gasteiger partial charge on any atom is 0.264 e. The van der Waals surface area contributed by atoms with Crippen LogP contribution in [0, 0.1) is 6.92 Å². The van der Waals surface area contributed by atoms with Gasteiger partial charge in [-0.3, -0.25) is 4.72 Å². The van der Waals surface area contributed by atoms with Gasteiger partial charge in [0.1, 0.15) is 4.90 Å². The Kier molecular flexibility index (Phi) is 5.00. The fraction of sp³-hybridized carbons (Fsp3) is 0.294. The molecule has 2 aromatic carbocycles. The maximum absolute atomic E-state index is 12.6. The number of aryl methyl sites for hydroxylation is 1. The van der Waals surface area contributed by atoms with Crippen molar-refractivity contribution in [2.45, 2.75) is 38.0 Å². The molecule has 0 aromatic heterocycles. The topological polar surface area (TPSA) is 46.2 Å². The van der Waals surface area contributed by atoms with Crippen LogP contribution in [0.15, 0.2) is 41.3 Å². The molecular formula is C17H19Cl2NO2S. The zero-order valence-electron chi connectivity index (χ0n) is 13.4. The van der Waals surface area contributed by atoms with E-state index >= 15 is 0 Å². The van der Waals surface area contributed by atoms with Crippen LogP contribution in [0.3, 0.4) is 0 Å². The molecule has 0 saturated heterocycles. The molecule has 0 fully saturated rings. The first-order valence-corrected chi connectivity index (χ1v) is 9.34. The number of benzene rings is 2. The van der Waals surface area contributed by atoms with Gasteiger partial charge in [-0.1, -0.05) is 56.1 Å². The lowest BCUT2D eigenvalue weighted by atomic mass is 9.84. The molecule has 124 valence electrons. The van der Waals surface area contributed by atoms with E-state index in [1.165, 1.54) is 12.1 Å². The molecule has 0 saturated carbocycles. The third-order valence-corrected chi connectivity index (χ3v) is 5.81. The van der Waals surface area contributed by atoms with Gasteiger partial charge >= 0.3 is 0 Å². The lowest BCUT2D eigenvalue weighted by molar-refractivity contribution is 0.586. The van der Waals surface area contributed by atoms with Gasteiger partial charge in [0.15, 0.2) is 0 Å². The van der Waals surface area contributed by atoms with Crippen molar-refractivity contribution in [1.29, 1.82) is 0 Å². The number of hydrogen-bond acceptors (Lipinski definition) is 2. The van der Waals surface area contributed by atoms with E-state index in [2.05, 4.69) is 25.5 Å². The molecule has 2 aromatic rings. The van der Waals surface area contributed by atoms with Gasteiger partial charge in [0.05, 0.1) is 10.0 Å². The number of anilines is 1. The average molecular weight is 372 g/mol. The third kappa shape index (κ3) is 4.00. The molecule has 0 heterocycles. The van der Waals surface area contributed by atoms with Crippen molar-refractivity contribution in [1.82, 2.24) is 0 Å². The van der Waals surface area contributed by atoms with Crippen molar-refractivity contribution >= 4 is 38.9 Å². The summed E-state index contributed by atoms with van der Waals surface area (Å²) in [7, 11) is -3.85. The Hall–Kier alpha value is -1.23. The molecular weight excluding hydrogens is 353 g/mol. The van der Waals surface area contributed by atoms with Crippen molar-refractivity contribution in [2.75, 3.05) is 4.72 Å². The normalized spacial score (nSPS) is 12.3. The molecule has 3 nitrogen and oxygen atoms in total. The molecule has 0 spiro atoms. The molecule has 0 aliphatic rings. The Labute approximate surface area is 147 Å². The number of halogens is 2. The molecule has 6 heteroatoms. The van der Waals surface area contributed by atoms with Gasteiger partial charge in [-0.15, -0.1) is 0 Å². The summed E-state index contributed by atoms with van der Waals surface area (Å²) in [6.07, 6.45) is 0.